The number of likely N-dealkylation sites (N-methyl/N-ethyl adjacent to an activating group) is 1. The lowest BCUT2D eigenvalue weighted by Gasteiger charge is -2.09. The van der Waals surface area contributed by atoms with Gasteiger partial charge in [0.15, 0.2) is 5.78 Å². The summed E-state index contributed by atoms with van der Waals surface area (Å²) in [6.45, 7) is 8.81. The Morgan fingerprint density at radius 2 is 1.43 bits per heavy atom. The molecule has 0 fully saturated rings. The van der Waals surface area contributed by atoms with Crippen molar-refractivity contribution in [1.82, 2.24) is 5.32 Å². The first kappa shape index (κ1) is 20.5. The first-order chi connectivity index (χ1) is 10.2. The maximum absolute atomic E-state index is 11.5. The first-order valence-corrected chi connectivity index (χ1v) is 7.70. The number of hydrogen-bond acceptors (Lipinski definition) is 6. The molecule has 0 aliphatic carbocycles. The summed E-state index contributed by atoms with van der Waals surface area (Å²) >= 11 is 0. The van der Waals surface area contributed by atoms with E-state index >= 15 is 0 Å². The topological polar surface area (TPSA) is 66.0 Å². The highest BCUT2D eigenvalue weighted by atomic mass is 16.6. The zero-order valence-corrected chi connectivity index (χ0v) is 13.7. The van der Waals surface area contributed by atoms with E-state index in [2.05, 4.69) is 5.32 Å². The molecule has 0 bridgehead atoms. The minimum absolute atomic E-state index is 0. The summed E-state index contributed by atoms with van der Waals surface area (Å²) < 4.78 is 21.2. The van der Waals surface area contributed by atoms with E-state index in [0.29, 0.717) is 46.2 Å². The van der Waals surface area contributed by atoms with E-state index in [1.54, 1.807) is 0 Å². The average molecular weight is 307 g/mol. The van der Waals surface area contributed by atoms with Gasteiger partial charge in [0.25, 0.3) is 0 Å². The minimum Gasteiger partial charge on any atom is -0.378 e. The van der Waals surface area contributed by atoms with Gasteiger partial charge in [0.05, 0.1) is 46.2 Å². The minimum atomic E-state index is 0. The second kappa shape index (κ2) is 15.9. The second-order valence-electron chi connectivity index (χ2n) is 4.77. The van der Waals surface area contributed by atoms with Crippen LogP contribution in [-0.2, 0) is 23.7 Å². The predicted octanol–water partition coefficient (Wildman–Crippen LogP) is 1.13. The Bertz CT molecular complexity index is 244. The van der Waals surface area contributed by atoms with Crippen LogP contribution in [0, 0.1) is 5.92 Å². The predicted molar refractivity (Wildman–Crippen MR) is 83.8 cm³/mol. The smallest absolute Gasteiger partial charge is 0.161 e. The molecule has 21 heavy (non-hydrogen) atoms. The fraction of sp³-hybridized carbons (Fsp3) is 0.933. The standard InChI is InChI=1S/C15H31NO5.H2/c1-4-14(2)15(17)13-21-12-11-20-10-9-19-8-7-18-6-5-16-3;/h14,16H,4-13H2,1-3H3;1H. The van der Waals surface area contributed by atoms with Gasteiger partial charge in [0.2, 0.25) is 0 Å². The van der Waals surface area contributed by atoms with Crippen molar-refractivity contribution in [3.05, 3.63) is 0 Å². The number of carbonyl (C=O) groups excluding carboxylic acids is 1. The maximum atomic E-state index is 11.5. The molecule has 0 heterocycles. The molecular formula is C15H33NO5. The monoisotopic (exact) mass is 307 g/mol. The molecule has 6 heteroatoms. The van der Waals surface area contributed by atoms with Crippen LogP contribution in [0.3, 0.4) is 0 Å². The lowest BCUT2D eigenvalue weighted by Crippen LogP contribution is -2.19. The summed E-state index contributed by atoms with van der Waals surface area (Å²) in [5, 5.41) is 3.00. The second-order valence-corrected chi connectivity index (χ2v) is 4.77. The Hall–Kier alpha value is -0.530. The number of carbonyl (C=O) groups is 1. The zero-order valence-electron chi connectivity index (χ0n) is 13.7. The molecule has 1 atom stereocenters. The number of Topliss-reactive ketones (excluding diaryl/α,β-unsaturated/α-hetero) is 1. The molecule has 0 saturated carbocycles. The van der Waals surface area contributed by atoms with E-state index in [0.717, 1.165) is 13.0 Å². The highest BCUT2D eigenvalue weighted by molar-refractivity contribution is 5.81. The van der Waals surface area contributed by atoms with Gasteiger partial charge in [-0.2, -0.15) is 0 Å². The van der Waals surface area contributed by atoms with E-state index in [1.807, 2.05) is 20.9 Å². The van der Waals surface area contributed by atoms with Gasteiger partial charge in [-0.3, -0.25) is 4.79 Å². The van der Waals surface area contributed by atoms with E-state index in [9.17, 15) is 4.79 Å². The van der Waals surface area contributed by atoms with E-state index in [-0.39, 0.29) is 19.7 Å². The normalized spacial score (nSPS) is 12.5. The lowest BCUT2D eigenvalue weighted by molar-refractivity contribution is -0.127. The summed E-state index contributed by atoms with van der Waals surface area (Å²) in [5.41, 5.74) is 0. The van der Waals surface area contributed by atoms with Gasteiger partial charge in [0.1, 0.15) is 6.61 Å². The number of rotatable bonds is 16. The van der Waals surface area contributed by atoms with Crippen LogP contribution < -0.4 is 5.32 Å². The molecule has 6 nitrogen and oxygen atoms in total. The van der Waals surface area contributed by atoms with Gasteiger partial charge in [0, 0.05) is 13.9 Å². The van der Waals surface area contributed by atoms with Crippen molar-refractivity contribution in [3.8, 4) is 0 Å². The van der Waals surface area contributed by atoms with E-state index in [1.165, 1.54) is 0 Å². The van der Waals surface area contributed by atoms with E-state index in [4.69, 9.17) is 18.9 Å². The van der Waals surface area contributed by atoms with Gasteiger partial charge in [-0.25, -0.2) is 0 Å². The fourth-order valence-corrected chi connectivity index (χ4v) is 1.38. The van der Waals surface area contributed by atoms with Gasteiger partial charge < -0.3 is 24.3 Å². The van der Waals surface area contributed by atoms with Crippen molar-refractivity contribution in [2.45, 2.75) is 20.3 Å². The van der Waals surface area contributed by atoms with Crippen LogP contribution in [0.15, 0.2) is 0 Å². The molecule has 0 aromatic heterocycles. The fourth-order valence-electron chi connectivity index (χ4n) is 1.38. The molecule has 0 aliphatic rings. The van der Waals surface area contributed by atoms with Crippen LogP contribution in [0.2, 0.25) is 0 Å². The summed E-state index contributed by atoms with van der Waals surface area (Å²) in [5.74, 6) is 0.230. The Kier molecular flexibility index (Phi) is 15.5. The van der Waals surface area contributed by atoms with Crippen LogP contribution in [0.5, 0.6) is 0 Å². The molecule has 1 unspecified atom stereocenters. The summed E-state index contributed by atoms with van der Waals surface area (Å²) in [6.07, 6.45) is 0.856. The number of hydrogen-bond donors (Lipinski definition) is 1. The highest BCUT2D eigenvalue weighted by Gasteiger charge is 2.09. The van der Waals surface area contributed by atoms with Crippen LogP contribution in [-0.4, -0.2) is 72.2 Å². The SMILES string of the molecule is CCC(C)C(=O)COCCOCCOCCOCCNC.[HH]. The summed E-state index contributed by atoms with van der Waals surface area (Å²) in [7, 11) is 1.89. The van der Waals surface area contributed by atoms with Crippen molar-refractivity contribution >= 4 is 5.78 Å². The van der Waals surface area contributed by atoms with Crippen LogP contribution in [0.4, 0.5) is 0 Å². The highest BCUT2D eigenvalue weighted by Crippen LogP contribution is 2.01. The van der Waals surface area contributed by atoms with Gasteiger partial charge in [-0.1, -0.05) is 13.8 Å². The summed E-state index contributed by atoms with van der Waals surface area (Å²) in [6, 6.07) is 0. The third-order valence-corrected chi connectivity index (χ3v) is 3.02. The first-order valence-electron chi connectivity index (χ1n) is 7.70. The molecule has 0 rings (SSSR count). The summed E-state index contributed by atoms with van der Waals surface area (Å²) in [4.78, 5) is 11.5. The molecule has 0 radical (unpaired) electrons. The Morgan fingerprint density at radius 1 is 0.952 bits per heavy atom. The molecule has 128 valence electrons. The van der Waals surface area contributed by atoms with Gasteiger partial charge in [-0.15, -0.1) is 0 Å². The molecule has 0 aromatic carbocycles. The zero-order chi connectivity index (χ0) is 15.8. The van der Waals surface area contributed by atoms with E-state index < -0.39 is 0 Å². The number of ketones is 1. The van der Waals surface area contributed by atoms with Gasteiger partial charge >= 0.3 is 0 Å². The number of ether oxygens (including phenoxy) is 4. The molecular weight excluding hydrogens is 274 g/mol. The Morgan fingerprint density at radius 3 is 1.90 bits per heavy atom. The molecule has 1 N–H and O–H groups in total. The van der Waals surface area contributed by atoms with Crippen LogP contribution in [0.1, 0.15) is 21.7 Å². The Labute approximate surface area is 129 Å². The molecule has 0 amide bonds. The van der Waals surface area contributed by atoms with Crippen LogP contribution >= 0.6 is 0 Å². The van der Waals surface area contributed by atoms with Crippen molar-refractivity contribution in [1.29, 1.82) is 0 Å². The third kappa shape index (κ3) is 14.2. The number of nitrogens with one attached hydrogen (secondary N) is 1. The lowest BCUT2D eigenvalue weighted by atomic mass is 10.1. The van der Waals surface area contributed by atoms with Crippen LogP contribution in [0.25, 0.3) is 0 Å². The van der Waals surface area contributed by atoms with Crippen molar-refractivity contribution < 1.29 is 25.2 Å². The molecule has 0 spiro atoms. The average Bonchev–Trinajstić information content (AvgIpc) is 2.50. The maximum Gasteiger partial charge on any atom is 0.161 e. The van der Waals surface area contributed by atoms with Crippen molar-refractivity contribution in [2.75, 3.05) is 66.4 Å². The third-order valence-electron chi connectivity index (χ3n) is 3.02. The molecule has 0 saturated heterocycles. The van der Waals surface area contributed by atoms with Gasteiger partial charge in [-0.05, 0) is 13.5 Å². The quantitative estimate of drug-likeness (QED) is 0.431. The molecule has 0 aliphatic heterocycles. The van der Waals surface area contributed by atoms with Crippen molar-refractivity contribution in [2.24, 2.45) is 5.92 Å². The van der Waals surface area contributed by atoms with Crippen molar-refractivity contribution in [3.63, 3.8) is 0 Å². The molecule has 0 aromatic rings. The largest absolute Gasteiger partial charge is 0.378 e. The Balaban J connectivity index is 0.